The van der Waals surface area contributed by atoms with Crippen LogP contribution < -0.4 is 15.2 Å². The van der Waals surface area contributed by atoms with Crippen LogP contribution in [-0.2, 0) is 25.3 Å². The third kappa shape index (κ3) is 5.19. The third-order valence-corrected chi connectivity index (χ3v) is 3.29. The van der Waals surface area contributed by atoms with Crippen molar-refractivity contribution >= 4 is 46.2 Å². The summed E-state index contributed by atoms with van der Waals surface area (Å²) in [7, 11) is 0.00861. The van der Waals surface area contributed by atoms with Crippen molar-refractivity contribution in [1.29, 1.82) is 0 Å². The van der Waals surface area contributed by atoms with Crippen LogP contribution in [-0.4, -0.2) is 29.5 Å². The molecule has 1 atom stereocenters. The molecule has 7 nitrogen and oxygen atoms in total. The Labute approximate surface area is 123 Å². The van der Waals surface area contributed by atoms with Crippen LogP contribution in [0, 0.1) is 0 Å². The summed E-state index contributed by atoms with van der Waals surface area (Å²) in [6.45, 7) is 0. The third-order valence-electron chi connectivity index (χ3n) is 2.18. The minimum Gasteiger partial charge on any atom is -0.469 e. The van der Waals surface area contributed by atoms with Crippen molar-refractivity contribution in [3.63, 3.8) is 0 Å². The molecule has 0 aliphatic carbocycles. The van der Waals surface area contributed by atoms with E-state index >= 15 is 0 Å². The number of carbonyl (C=O) groups is 2. The van der Waals surface area contributed by atoms with Gasteiger partial charge in [-0.1, -0.05) is 0 Å². The van der Waals surface area contributed by atoms with Crippen LogP contribution in [0.2, 0.25) is 0 Å². The van der Waals surface area contributed by atoms with Crippen molar-refractivity contribution in [3.05, 3.63) is 18.2 Å². The van der Waals surface area contributed by atoms with Gasteiger partial charge in [0, 0.05) is 16.8 Å². The molecule has 4 N–H and O–H groups in total. The molecule has 0 fully saturated rings. The molecule has 1 unspecified atom stereocenters. The van der Waals surface area contributed by atoms with Crippen molar-refractivity contribution in [2.75, 3.05) is 23.4 Å². The summed E-state index contributed by atoms with van der Waals surface area (Å²) < 4.78 is 18.2. The number of ether oxygens (including phenoxy) is 1. The molecule has 0 spiro atoms. The monoisotopic (exact) mass is 317 g/mol. The molecule has 1 aromatic carbocycles. The second kappa shape index (κ2) is 7.88. The number of anilines is 2. The summed E-state index contributed by atoms with van der Waals surface area (Å²) in [6.07, 6.45) is 1.13. The van der Waals surface area contributed by atoms with E-state index < -0.39 is 22.9 Å². The lowest BCUT2D eigenvalue weighted by Gasteiger charge is -2.11. The lowest BCUT2D eigenvalue weighted by Crippen LogP contribution is -2.17. The maximum atomic E-state index is 11.6. The molecule has 0 bridgehead atoms. The Bertz CT molecular complexity index is 536. The average molecular weight is 317 g/mol. The Morgan fingerprint density at radius 3 is 2.70 bits per heavy atom. The van der Waals surface area contributed by atoms with E-state index in [-0.39, 0.29) is 6.42 Å². The Morgan fingerprint density at radius 2 is 2.15 bits per heavy atom. The van der Waals surface area contributed by atoms with Crippen LogP contribution in [0.1, 0.15) is 6.42 Å². The fraction of sp³-hybridized carbons (Fsp3) is 0.273. The van der Waals surface area contributed by atoms with Gasteiger partial charge in [-0.3, -0.25) is 14.7 Å². The summed E-state index contributed by atoms with van der Waals surface area (Å²) in [6, 6.07) is 4.91. The topological polar surface area (TPSA) is 111 Å². The number of nitrogens with two attached hydrogens (primary N) is 1. The van der Waals surface area contributed by atoms with Crippen LogP contribution in [0.3, 0.4) is 0 Å². The molecule has 1 rings (SSSR count). The molecular weight excluding hydrogens is 302 g/mol. The summed E-state index contributed by atoms with van der Waals surface area (Å²) >= 11 is 0.933. The average Bonchev–Trinajstić information content (AvgIpc) is 2.39. The predicted octanol–water partition coefficient (Wildman–Crippen LogP) is 0.859. The quantitative estimate of drug-likeness (QED) is 0.408. The van der Waals surface area contributed by atoms with E-state index in [0.29, 0.717) is 16.3 Å². The molecule has 0 saturated carbocycles. The van der Waals surface area contributed by atoms with E-state index in [9.17, 15) is 13.8 Å². The fourth-order valence-electron chi connectivity index (χ4n) is 1.35. The zero-order chi connectivity index (χ0) is 15.1. The largest absolute Gasteiger partial charge is 0.469 e. The highest BCUT2D eigenvalue weighted by Gasteiger charge is 2.12. The number of rotatable bonds is 6. The second-order valence-electron chi connectivity index (χ2n) is 3.69. The van der Waals surface area contributed by atoms with Gasteiger partial charge < -0.3 is 14.8 Å². The van der Waals surface area contributed by atoms with Crippen LogP contribution in [0.25, 0.3) is 0 Å². The van der Waals surface area contributed by atoms with E-state index in [1.165, 1.54) is 13.4 Å². The fourth-order valence-corrected chi connectivity index (χ4v) is 2.25. The number of benzene rings is 1. The molecule has 0 saturated heterocycles. The lowest BCUT2D eigenvalue weighted by molar-refractivity contribution is -0.142. The maximum Gasteiger partial charge on any atom is 0.315 e. The summed E-state index contributed by atoms with van der Waals surface area (Å²) in [5.74, 6) is -1.11. The predicted molar refractivity (Wildman–Crippen MR) is 79.4 cm³/mol. The molecule has 0 aromatic heterocycles. The first-order valence-corrected chi connectivity index (χ1v) is 7.87. The molecule has 110 valence electrons. The van der Waals surface area contributed by atoms with Crippen molar-refractivity contribution in [2.24, 2.45) is 5.14 Å². The molecule has 0 radical (unpaired) electrons. The van der Waals surface area contributed by atoms with Crippen molar-refractivity contribution in [2.45, 2.75) is 11.3 Å². The Balaban J connectivity index is 2.82. The highest BCUT2D eigenvalue weighted by molar-refractivity contribution is 7.97. The van der Waals surface area contributed by atoms with E-state index in [1.54, 1.807) is 18.2 Å². The normalized spacial score (nSPS) is 11.6. The SMILES string of the molecule is COC(=O)CC(=O)Nc1ccc(NS(C)=O)cc1SN. The minimum absolute atomic E-state index is 0.371. The summed E-state index contributed by atoms with van der Waals surface area (Å²) in [5, 5.41) is 8.09. The first kappa shape index (κ1) is 16.5. The Kier molecular flexibility index (Phi) is 6.49. The zero-order valence-electron chi connectivity index (χ0n) is 11.0. The highest BCUT2D eigenvalue weighted by atomic mass is 32.2. The number of hydrogen-bond acceptors (Lipinski definition) is 6. The highest BCUT2D eigenvalue weighted by Crippen LogP contribution is 2.27. The first-order chi connectivity index (χ1) is 9.46. The molecule has 20 heavy (non-hydrogen) atoms. The number of carbonyl (C=O) groups excluding carboxylic acids is 2. The van der Waals surface area contributed by atoms with E-state index in [2.05, 4.69) is 14.8 Å². The van der Waals surface area contributed by atoms with Gasteiger partial charge in [0.2, 0.25) is 5.91 Å². The van der Waals surface area contributed by atoms with Gasteiger partial charge in [0.15, 0.2) is 0 Å². The van der Waals surface area contributed by atoms with E-state index in [4.69, 9.17) is 5.14 Å². The van der Waals surface area contributed by atoms with Gasteiger partial charge in [-0.05, 0) is 30.1 Å². The van der Waals surface area contributed by atoms with Crippen LogP contribution in [0.4, 0.5) is 11.4 Å². The lowest BCUT2D eigenvalue weighted by atomic mass is 10.2. The van der Waals surface area contributed by atoms with Gasteiger partial charge >= 0.3 is 5.97 Å². The van der Waals surface area contributed by atoms with Crippen LogP contribution in [0.15, 0.2) is 23.1 Å². The van der Waals surface area contributed by atoms with Crippen LogP contribution in [0.5, 0.6) is 0 Å². The van der Waals surface area contributed by atoms with E-state index in [0.717, 1.165) is 11.9 Å². The van der Waals surface area contributed by atoms with Gasteiger partial charge in [-0.15, -0.1) is 0 Å². The van der Waals surface area contributed by atoms with Crippen molar-refractivity contribution < 1.29 is 18.5 Å². The van der Waals surface area contributed by atoms with Gasteiger partial charge in [0.25, 0.3) is 0 Å². The zero-order valence-corrected chi connectivity index (χ0v) is 12.6. The summed E-state index contributed by atoms with van der Waals surface area (Å²) in [5.41, 5.74) is 1.09. The Morgan fingerprint density at radius 1 is 1.45 bits per heavy atom. The maximum absolute atomic E-state index is 11.6. The number of esters is 1. The number of hydrogen-bond donors (Lipinski definition) is 3. The molecule has 9 heteroatoms. The number of amides is 1. The molecule has 1 aromatic rings. The van der Waals surface area contributed by atoms with E-state index in [1.807, 2.05) is 0 Å². The second-order valence-corrected chi connectivity index (χ2v) is 5.47. The van der Waals surface area contributed by atoms with Gasteiger partial charge in [0.1, 0.15) is 17.4 Å². The molecule has 0 aliphatic rings. The first-order valence-electron chi connectivity index (χ1n) is 5.43. The minimum atomic E-state index is -1.20. The molecule has 1 amide bonds. The number of methoxy groups -OCH3 is 1. The van der Waals surface area contributed by atoms with Crippen molar-refractivity contribution in [1.82, 2.24) is 0 Å². The molecule has 0 heterocycles. The summed E-state index contributed by atoms with van der Waals surface area (Å²) in [4.78, 5) is 23.2. The molecular formula is C11H15N3O4S2. The Hall–Kier alpha value is -1.58. The van der Waals surface area contributed by atoms with Crippen molar-refractivity contribution in [3.8, 4) is 0 Å². The molecule has 0 aliphatic heterocycles. The smallest absolute Gasteiger partial charge is 0.315 e. The van der Waals surface area contributed by atoms with Gasteiger partial charge in [0.05, 0.1) is 12.8 Å². The number of nitrogens with one attached hydrogen (secondary N) is 2. The van der Waals surface area contributed by atoms with Gasteiger partial charge in [-0.25, -0.2) is 4.21 Å². The van der Waals surface area contributed by atoms with Gasteiger partial charge in [-0.2, -0.15) is 0 Å². The standard InChI is InChI=1S/C11H15N3O4S2/c1-18-11(16)6-10(15)13-8-4-3-7(14-20(2)17)5-9(8)19-12/h3-5,14H,6,12H2,1-2H3,(H,13,15). The van der Waals surface area contributed by atoms with Crippen LogP contribution >= 0.6 is 11.9 Å².